The summed E-state index contributed by atoms with van der Waals surface area (Å²) in [7, 11) is 0. The van der Waals surface area contributed by atoms with Crippen LogP contribution in [0.4, 0.5) is 5.82 Å². The number of ether oxygens (including phenoxy) is 3. The topological polar surface area (TPSA) is 226 Å². The number of nitriles is 2. The van der Waals surface area contributed by atoms with Gasteiger partial charge in [0.1, 0.15) is 65.9 Å². The molecule has 0 bridgehead atoms. The van der Waals surface area contributed by atoms with Crippen LogP contribution in [0.3, 0.4) is 0 Å². The molecule has 4 aromatic rings. The van der Waals surface area contributed by atoms with Gasteiger partial charge in [-0.15, -0.1) is 0 Å². The van der Waals surface area contributed by atoms with Crippen LogP contribution in [0.5, 0.6) is 5.75 Å². The first-order valence-electron chi connectivity index (χ1n) is 14.1. The van der Waals surface area contributed by atoms with Gasteiger partial charge in [0.15, 0.2) is 6.10 Å². The van der Waals surface area contributed by atoms with Crippen LogP contribution in [-0.2, 0) is 24.8 Å². The van der Waals surface area contributed by atoms with E-state index in [1.54, 1.807) is 48.5 Å². The second-order valence-corrected chi connectivity index (χ2v) is 11.6. The monoisotopic (exact) mass is 675 g/mol. The molecule has 242 valence electrons. The zero-order valence-electron chi connectivity index (χ0n) is 25.3. The summed E-state index contributed by atoms with van der Waals surface area (Å²) in [5.74, 6) is -0.316. The molecule has 2 heterocycles. The number of nitrogen functional groups attached to an aromatic ring is 1. The third-order valence-corrected chi connectivity index (χ3v) is 7.69. The fourth-order valence-electron chi connectivity index (χ4n) is 4.03. The Labute approximate surface area is 279 Å². The minimum absolute atomic E-state index is 0.0357. The van der Waals surface area contributed by atoms with Gasteiger partial charge >= 0.3 is 11.9 Å². The Hall–Kier alpha value is -5.12. The van der Waals surface area contributed by atoms with Gasteiger partial charge in [0, 0.05) is 21.9 Å². The van der Waals surface area contributed by atoms with Crippen molar-refractivity contribution >= 4 is 41.1 Å². The highest BCUT2D eigenvalue weighted by Crippen LogP contribution is 2.37. The average Bonchev–Trinajstić information content (AvgIpc) is 3.54. The van der Waals surface area contributed by atoms with Crippen molar-refractivity contribution in [2.75, 3.05) is 18.9 Å². The van der Waals surface area contributed by atoms with E-state index >= 15 is 0 Å². The number of thioether (sulfide) groups is 1. The maximum Gasteiger partial charge on any atom is 0.323 e. The van der Waals surface area contributed by atoms with E-state index < -0.39 is 30.1 Å². The van der Waals surface area contributed by atoms with Crippen LogP contribution in [0.2, 0.25) is 5.02 Å². The smallest absolute Gasteiger partial charge is 0.323 e. The summed E-state index contributed by atoms with van der Waals surface area (Å²) in [6, 6.07) is 16.0. The molecule has 6 N–H and O–H groups in total. The lowest BCUT2D eigenvalue weighted by atomic mass is 9.97. The van der Waals surface area contributed by atoms with Gasteiger partial charge < -0.3 is 35.8 Å². The molecule has 47 heavy (non-hydrogen) atoms. The quantitative estimate of drug-likeness (QED) is 0.133. The minimum Gasteiger partial charge on any atom is -0.490 e. The molecule has 13 nitrogen and oxygen atoms in total. The largest absolute Gasteiger partial charge is 0.490 e. The first kappa shape index (κ1) is 34.7. The van der Waals surface area contributed by atoms with Crippen molar-refractivity contribution in [1.29, 1.82) is 10.5 Å². The molecule has 0 aliphatic heterocycles. The molecule has 0 aliphatic rings. The predicted molar refractivity (Wildman–Crippen MR) is 174 cm³/mol. The van der Waals surface area contributed by atoms with E-state index in [9.17, 15) is 20.1 Å². The number of esters is 2. The Morgan fingerprint density at radius 2 is 1.57 bits per heavy atom. The van der Waals surface area contributed by atoms with Crippen LogP contribution in [0, 0.1) is 22.7 Å². The van der Waals surface area contributed by atoms with Gasteiger partial charge in [-0.3, -0.25) is 9.59 Å². The van der Waals surface area contributed by atoms with E-state index in [4.69, 9.17) is 47.4 Å². The number of carbonyl (C=O) groups excluding carboxylic acids is 2. The molecule has 0 spiro atoms. The molecule has 0 saturated carbocycles. The number of oxazole rings is 1. The highest BCUT2D eigenvalue weighted by atomic mass is 35.5. The molecule has 15 heteroatoms. The fourth-order valence-corrected chi connectivity index (χ4v) is 5.03. The summed E-state index contributed by atoms with van der Waals surface area (Å²) in [5, 5.41) is 21.0. The highest BCUT2D eigenvalue weighted by Gasteiger charge is 2.23. The van der Waals surface area contributed by atoms with Gasteiger partial charge in [0.25, 0.3) is 0 Å². The van der Waals surface area contributed by atoms with E-state index in [1.165, 1.54) is 31.9 Å². The molecule has 0 fully saturated rings. The van der Waals surface area contributed by atoms with E-state index in [0.29, 0.717) is 44.3 Å². The number of carbonyl (C=O) groups is 2. The van der Waals surface area contributed by atoms with Gasteiger partial charge in [-0.1, -0.05) is 35.5 Å². The number of anilines is 1. The number of hydrogen-bond acceptors (Lipinski definition) is 14. The van der Waals surface area contributed by atoms with E-state index in [-0.39, 0.29) is 30.2 Å². The molecule has 0 aliphatic carbocycles. The second-order valence-electron chi connectivity index (χ2n) is 10.2. The summed E-state index contributed by atoms with van der Waals surface area (Å²) in [6.07, 6.45) is 0.554. The minimum atomic E-state index is -0.960. The lowest BCUT2D eigenvalue weighted by molar-refractivity contribution is -0.162. The molecule has 2 aromatic heterocycles. The Kier molecular flexibility index (Phi) is 11.8. The van der Waals surface area contributed by atoms with Crippen molar-refractivity contribution in [3.63, 3.8) is 0 Å². The summed E-state index contributed by atoms with van der Waals surface area (Å²) in [5.41, 5.74) is 19.7. The van der Waals surface area contributed by atoms with Crippen LogP contribution in [0.25, 0.3) is 22.6 Å². The van der Waals surface area contributed by atoms with Crippen molar-refractivity contribution in [2.45, 2.75) is 42.8 Å². The normalized spacial score (nSPS) is 12.7. The number of rotatable bonds is 13. The Bertz CT molecular complexity index is 1820. The Morgan fingerprint density at radius 1 is 0.936 bits per heavy atom. The summed E-state index contributed by atoms with van der Waals surface area (Å²) in [4.78, 5) is 32.7. The lowest BCUT2D eigenvalue weighted by Crippen LogP contribution is -2.38. The molecule has 0 amide bonds. The SMILES string of the molecule is C[C@H](N)C(=O)OC[C@H](COc1ccc(-c2c(C#N)c(N)nc(SCc3coc(-c4ccc(Cl)cc4)n3)c2C#N)cc1)OC(=O)[C@H](C)N. The number of hydrogen-bond donors (Lipinski definition) is 3. The van der Waals surface area contributed by atoms with E-state index in [2.05, 4.69) is 22.1 Å². The summed E-state index contributed by atoms with van der Waals surface area (Å²) < 4.78 is 21.8. The van der Waals surface area contributed by atoms with Crippen LogP contribution in [0.15, 0.2) is 64.2 Å². The van der Waals surface area contributed by atoms with Crippen LogP contribution < -0.4 is 21.9 Å². The number of nitrogens with two attached hydrogens (primary N) is 3. The molecule has 2 aromatic carbocycles. The fraction of sp³-hybridized carbons (Fsp3) is 0.250. The van der Waals surface area contributed by atoms with Crippen LogP contribution in [-0.4, -0.2) is 53.3 Å². The summed E-state index contributed by atoms with van der Waals surface area (Å²) >= 11 is 7.19. The average molecular weight is 676 g/mol. The third-order valence-electron chi connectivity index (χ3n) is 6.43. The lowest BCUT2D eigenvalue weighted by Gasteiger charge is -2.20. The van der Waals surface area contributed by atoms with Crippen molar-refractivity contribution in [2.24, 2.45) is 11.5 Å². The number of nitrogens with zero attached hydrogens (tertiary/aromatic N) is 4. The van der Waals surface area contributed by atoms with Gasteiger partial charge in [-0.25, -0.2) is 9.97 Å². The summed E-state index contributed by atoms with van der Waals surface area (Å²) in [6.45, 7) is 2.47. The van der Waals surface area contributed by atoms with Gasteiger partial charge in [0.2, 0.25) is 5.89 Å². The van der Waals surface area contributed by atoms with Crippen molar-refractivity contribution in [1.82, 2.24) is 9.97 Å². The molecular formula is C32H30ClN7O6S. The first-order valence-corrected chi connectivity index (χ1v) is 15.4. The Balaban J connectivity index is 1.52. The predicted octanol–water partition coefficient (Wildman–Crippen LogP) is 4.20. The van der Waals surface area contributed by atoms with Gasteiger partial charge in [0.05, 0.1) is 11.3 Å². The molecule has 0 radical (unpaired) electrons. The Morgan fingerprint density at radius 3 is 2.19 bits per heavy atom. The maximum atomic E-state index is 12.1. The van der Waals surface area contributed by atoms with Gasteiger partial charge in [-0.05, 0) is 55.8 Å². The molecule has 0 saturated heterocycles. The third kappa shape index (κ3) is 9.00. The van der Waals surface area contributed by atoms with Crippen molar-refractivity contribution < 1.29 is 28.2 Å². The van der Waals surface area contributed by atoms with Gasteiger partial charge in [-0.2, -0.15) is 10.5 Å². The molecule has 0 unspecified atom stereocenters. The number of halogens is 1. The molecule has 4 rings (SSSR count). The van der Waals surface area contributed by atoms with E-state index in [0.717, 1.165) is 5.56 Å². The highest BCUT2D eigenvalue weighted by molar-refractivity contribution is 7.98. The molecular weight excluding hydrogens is 646 g/mol. The zero-order chi connectivity index (χ0) is 34.1. The van der Waals surface area contributed by atoms with E-state index in [1.807, 2.05) is 0 Å². The van der Waals surface area contributed by atoms with Crippen molar-refractivity contribution in [3.05, 3.63) is 76.6 Å². The molecule has 3 atom stereocenters. The zero-order valence-corrected chi connectivity index (χ0v) is 26.9. The second kappa shape index (κ2) is 15.9. The first-order chi connectivity index (χ1) is 22.5. The van der Waals surface area contributed by atoms with Crippen LogP contribution in [0.1, 0.15) is 30.7 Å². The maximum absolute atomic E-state index is 12.1. The standard InChI is InChI=1S/C32H30ClN7O6S/c1-17(36)31(41)45-15-24(46-32(42)18(2)37)14-43-23-9-5-19(6-10-23)27-25(11-34)28(38)40-30(26(27)12-35)47-16-22-13-44-29(39-22)20-3-7-21(33)8-4-20/h3-10,13,17-18,24H,14-16,36-37H2,1-2H3,(H2,38,40)/t17-,18-,24-/m0/s1. The van der Waals surface area contributed by atoms with Crippen LogP contribution >= 0.6 is 23.4 Å². The number of aromatic nitrogens is 2. The number of pyridine rings is 1. The number of benzene rings is 2. The van der Waals surface area contributed by atoms with Crippen molar-refractivity contribution in [3.8, 4) is 40.5 Å².